The lowest BCUT2D eigenvalue weighted by atomic mass is 9.82. The number of nitrogens with zero attached hydrogens (tertiary/aromatic N) is 4. The van der Waals surface area contributed by atoms with E-state index in [4.69, 9.17) is 5.73 Å². The highest BCUT2D eigenvalue weighted by molar-refractivity contribution is 5.85. The third-order valence-corrected chi connectivity index (χ3v) is 6.88. The van der Waals surface area contributed by atoms with Gasteiger partial charge < -0.3 is 16.0 Å². The predicted molar refractivity (Wildman–Crippen MR) is 128 cm³/mol. The number of rotatable bonds is 8. The van der Waals surface area contributed by atoms with E-state index in [0.29, 0.717) is 6.54 Å². The number of aromatic nitrogens is 4. The molecule has 0 aliphatic carbocycles. The normalized spacial score (nSPS) is 16.9. The fourth-order valence-corrected chi connectivity index (χ4v) is 5.11. The Morgan fingerprint density at radius 2 is 1.78 bits per heavy atom. The average Bonchev–Trinajstić information content (AvgIpc) is 3.53. The van der Waals surface area contributed by atoms with Crippen molar-refractivity contribution in [3.63, 3.8) is 0 Å². The van der Waals surface area contributed by atoms with Crippen LogP contribution in [-0.2, 0) is 12.0 Å². The first-order chi connectivity index (χ1) is 15.8. The molecule has 7 nitrogen and oxygen atoms in total. The first-order valence-corrected chi connectivity index (χ1v) is 11.5. The highest BCUT2D eigenvalue weighted by Crippen LogP contribution is 2.34. The molecule has 1 saturated heterocycles. The fraction of sp³-hybridized carbons (Fsp3) is 0.360. The van der Waals surface area contributed by atoms with Crippen LogP contribution in [0.25, 0.3) is 16.6 Å². The molecule has 0 radical (unpaired) electrons. The summed E-state index contributed by atoms with van der Waals surface area (Å²) in [5.74, 6) is 0. The molecule has 3 heterocycles. The number of aromatic amines is 1. The number of fused-ring (bicyclic) bond motifs is 1. The summed E-state index contributed by atoms with van der Waals surface area (Å²) in [6.07, 6.45) is 8.72. The van der Waals surface area contributed by atoms with E-state index in [1.807, 2.05) is 4.57 Å². The largest absolute Gasteiger partial charge is 0.361 e. The van der Waals surface area contributed by atoms with Crippen LogP contribution < -0.4 is 11.1 Å². The SMILES string of the molecule is NCC(CCCc1c[nH]c2ccc(-n3cnnc3)cc12)(c1ccccc1)N1CCNCC1. The second kappa shape index (κ2) is 9.24. The van der Waals surface area contributed by atoms with Gasteiger partial charge in [0.25, 0.3) is 0 Å². The van der Waals surface area contributed by atoms with E-state index in [0.717, 1.165) is 56.6 Å². The van der Waals surface area contributed by atoms with E-state index in [1.54, 1.807) is 12.7 Å². The summed E-state index contributed by atoms with van der Waals surface area (Å²) >= 11 is 0. The van der Waals surface area contributed by atoms with Gasteiger partial charge in [-0.1, -0.05) is 30.3 Å². The second-order valence-electron chi connectivity index (χ2n) is 8.61. The molecule has 5 rings (SSSR count). The van der Waals surface area contributed by atoms with Crippen molar-refractivity contribution in [2.75, 3.05) is 32.7 Å². The molecule has 2 aromatic carbocycles. The zero-order valence-electron chi connectivity index (χ0n) is 18.4. The Kier molecular flexibility index (Phi) is 6.03. The number of piperazine rings is 1. The first-order valence-electron chi connectivity index (χ1n) is 11.5. The molecule has 1 unspecified atom stereocenters. The van der Waals surface area contributed by atoms with Crippen molar-refractivity contribution < 1.29 is 0 Å². The molecule has 7 heteroatoms. The topological polar surface area (TPSA) is 87.8 Å². The molecule has 0 bridgehead atoms. The Hall–Kier alpha value is -3.00. The van der Waals surface area contributed by atoms with Gasteiger partial charge in [0.15, 0.2) is 0 Å². The second-order valence-corrected chi connectivity index (χ2v) is 8.61. The lowest BCUT2D eigenvalue weighted by Crippen LogP contribution is -2.57. The fourth-order valence-electron chi connectivity index (χ4n) is 5.11. The third kappa shape index (κ3) is 3.95. The molecule has 0 saturated carbocycles. The van der Waals surface area contributed by atoms with E-state index in [-0.39, 0.29) is 5.54 Å². The summed E-state index contributed by atoms with van der Waals surface area (Å²) in [4.78, 5) is 6.03. The third-order valence-electron chi connectivity index (χ3n) is 6.88. The summed E-state index contributed by atoms with van der Waals surface area (Å²) in [5.41, 5.74) is 11.3. The molecule has 1 fully saturated rings. The molecular weight excluding hydrogens is 398 g/mol. The summed E-state index contributed by atoms with van der Waals surface area (Å²) in [6, 6.07) is 17.3. The molecule has 32 heavy (non-hydrogen) atoms. The molecule has 0 spiro atoms. The molecular formula is C25H31N7. The molecule has 1 aliphatic heterocycles. The first kappa shape index (κ1) is 20.9. The molecule has 166 valence electrons. The Bertz CT molecular complexity index is 1130. The van der Waals surface area contributed by atoms with Gasteiger partial charge >= 0.3 is 0 Å². The minimum absolute atomic E-state index is 0.122. The standard InChI is InChI=1S/C25H31N7/c26-17-25(21-6-2-1-3-7-21,32-13-11-27-12-14-32)10-4-5-20-16-28-24-9-8-22(15-23(20)24)31-18-29-30-19-31/h1-3,6-9,15-16,18-19,27-28H,4-5,10-14,17,26H2. The van der Waals surface area contributed by atoms with E-state index in [2.05, 4.69) is 80.1 Å². The van der Waals surface area contributed by atoms with Crippen LogP contribution in [0.1, 0.15) is 24.0 Å². The van der Waals surface area contributed by atoms with Crippen molar-refractivity contribution >= 4 is 10.9 Å². The maximum Gasteiger partial charge on any atom is 0.123 e. The highest BCUT2D eigenvalue weighted by atomic mass is 15.3. The Labute approximate surface area is 188 Å². The maximum atomic E-state index is 6.51. The van der Waals surface area contributed by atoms with Gasteiger partial charge in [-0.25, -0.2) is 0 Å². The quantitative estimate of drug-likeness (QED) is 0.401. The lowest BCUT2D eigenvalue weighted by molar-refractivity contribution is 0.0672. The Morgan fingerprint density at radius 3 is 2.53 bits per heavy atom. The molecule has 1 atom stereocenters. The van der Waals surface area contributed by atoms with Gasteiger partial charge in [0.2, 0.25) is 0 Å². The Balaban J connectivity index is 1.38. The molecule has 0 amide bonds. The number of nitrogens with two attached hydrogens (primary N) is 1. The van der Waals surface area contributed by atoms with Crippen LogP contribution >= 0.6 is 0 Å². The monoisotopic (exact) mass is 429 g/mol. The lowest BCUT2D eigenvalue weighted by Gasteiger charge is -2.46. The number of hydrogen-bond acceptors (Lipinski definition) is 5. The zero-order chi connectivity index (χ0) is 21.8. The van der Waals surface area contributed by atoms with Crippen molar-refractivity contribution in [3.05, 3.63) is 78.5 Å². The number of aryl methyl sites for hydroxylation is 1. The molecule has 4 aromatic rings. The van der Waals surface area contributed by atoms with Crippen molar-refractivity contribution in [2.24, 2.45) is 5.73 Å². The van der Waals surface area contributed by atoms with Gasteiger partial charge in [-0.15, -0.1) is 10.2 Å². The van der Waals surface area contributed by atoms with Gasteiger partial charge in [-0.3, -0.25) is 9.47 Å². The van der Waals surface area contributed by atoms with Gasteiger partial charge in [0, 0.05) is 55.5 Å². The summed E-state index contributed by atoms with van der Waals surface area (Å²) < 4.78 is 1.94. The summed E-state index contributed by atoms with van der Waals surface area (Å²) in [7, 11) is 0. The predicted octanol–water partition coefficient (Wildman–Crippen LogP) is 2.83. The van der Waals surface area contributed by atoms with Crippen LogP contribution in [-0.4, -0.2) is 57.4 Å². The van der Waals surface area contributed by atoms with Crippen molar-refractivity contribution in [1.29, 1.82) is 0 Å². The number of benzene rings is 2. The minimum atomic E-state index is -0.122. The Morgan fingerprint density at radius 1 is 1.00 bits per heavy atom. The summed E-state index contributed by atoms with van der Waals surface area (Å²) in [5, 5.41) is 12.6. The zero-order valence-corrected chi connectivity index (χ0v) is 18.4. The number of nitrogens with one attached hydrogen (secondary N) is 2. The molecule has 2 aromatic heterocycles. The van der Waals surface area contributed by atoms with E-state index in [1.165, 1.54) is 16.5 Å². The van der Waals surface area contributed by atoms with Crippen LogP contribution in [0.5, 0.6) is 0 Å². The van der Waals surface area contributed by atoms with Crippen LogP contribution in [0.2, 0.25) is 0 Å². The number of hydrogen-bond donors (Lipinski definition) is 3. The van der Waals surface area contributed by atoms with Crippen LogP contribution in [0, 0.1) is 0 Å². The van der Waals surface area contributed by atoms with Crippen molar-refractivity contribution in [3.8, 4) is 5.69 Å². The van der Waals surface area contributed by atoms with Gasteiger partial charge in [-0.2, -0.15) is 0 Å². The average molecular weight is 430 g/mol. The van der Waals surface area contributed by atoms with E-state index >= 15 is 0 Å². The molecule has 1 aliphatic rings. The highest BCUT2D eigenvalue weighted by Gasteiger charge is 2.37. The van der Waals surface area contributed by atoms with Gasteiger partial charge in [-0.05, 0) is 48.6 Å². The minimum Gasteiger partial charge on any atom is -0.361 e. The summed E-state index contributed by atoms with van der Waals surface area (Å²) in [6.45, 7) is 4.72. The van der Waals surface area contributed by atoms with E-state index in [9.17, 15) is 0 Å². The van der Waals surface area contributed by atoms with E-state index < -0.39 is 0 Å². The number of H-pyrrole nitrogens is 1. The van der Waals surface area contributed by atoms with Crippen molar-refractivity contribution in [2.45, 2.75) is 24.8 Å². The van der Waals surface area contributed by atoms with Crippen molar-refractivity contribution in [1.82, 2.24) is 30.0 Å². The van der Waals surface area contributed by atoms with Crippen LogP contribution in [0.4, 0.5) is 0 Å². The van der Waals surface area contributed by atoms with Gasteiger partial charge in [0.05, 0.1) is 5.54 Å². The maximum absolute atomic E-state index is 6.51. The smallest absolute Gasteiger partial charge is 0.123 e. The van der Waals surface area contributed by atoms with Gasteiger partial charge in [0.1, 0.15) is 12.7 Å². The molecule has 4 N–H and O–H groups in total. The van der Waals surface area contributed by atoms with Crippen LogP contribution in [0.15, 0.2) is 67.4 Å². The van der Waals surface area contributed by atoms with Crippen LogP contribution in [0.3, 0.4) is 0 Å².